The minimum atomic E-state index is -4.09. The van der Waals surface area contributed by atoms with Crippen LogP contribution in [-0.2, 0) is 14.9 Å². The van der Waals surface area contributed by atoms with E-state index in [0.29, 0.717) is 40.6 Å². The normalized spacial score (nSPS) is 14.1. The van der Waals surface area contributed by atoms with E-state index < -0.39 is 21.9 Å². The highest BCUT2D eigenvalue weighted by Crippen LogP contribution is 2.48. The van der Waals surface area contributed by atoms with Gasteiger partial charge in [0.1, 0.15) is 5.75 Å². The number of nitrogens with two attached hydrogens (primary N) is 1. The zero-order chi connectivity index (χ0) is 30.6. The van der Waals surface area contributed by atoms with Gasteiger partial charge in [-0.1, -0.05) is 36.4 Å². The molecule has 2 heterocycles. The fourth-order valence-electron chi connectivity index (χ4n) is 4.90. The van der Waals surface area contributed by atoms with Gasteiger partial charge in [0, 0.05) is 23.0 Å². The van der Waals surface area contributed by atoms with E-state index in [1.165, 1.54) is 19.2 Å². The SMILES string of the molecule is CCOc1ncc(C)c2c1[C@H](c1ccc(C#N)cc1OC)C(C(N)=O)=C(C)N2.O=S(=O)(O)c1ccc2ccccc2c1. The van der Waals surface area contributed by atoms with Crippen LogP contribution in [0.1, 0.15) is 42.0 Å². The maximum Gasteiger partial charge on any atom is 0.294 e. The Kier molecular flexibility index (Phi) is 8.80. The van der Waals surface area contributed by atoms with Gasteiger partial charge < -0.3 is 20.5 Å². The van der Waals surface area contributed by atoms with Crippen molar-refractivity contribution in [3.05, 3.63) is 100 Å². The van der Waals surface area contributed by atoms with Gasteiger partial charge in [-0.25, -0.2) is 4.98 Å². The molecule has 42 heavy (non-hydrogen) atoms. The smallest absolute Gasteiger partial charge is 0.294 e. The van der Waals surface area contributed by atoms with E-state index in [1.807, 2.05) is 39.0 Å². The predicted octanol–water partition coefficient (Wildman–Crippen LogP) is 5.07. The van der Waals surface area contributed by atoms with Crippen molar-refractivity contribution in [1.82, 2.24) is 4.98 Å². The molecule has 0 saturated carbocycles. The van der Waals surface area contributed by atoms with Crippen molar-refractivity contribution in [3.8, 4) is 17.7 Å². The molecule has 10 nitrogen and oxygen atoms in total. The second-order valence-electron chi connectivity index (χ2n) is 9.48. The summed E-state index contributed by atoms with van der Waals surface area (Å²) in [6.07, 6.45) is 1.73. The molecular formula is C31H30N4O6S. The summed E-state index contributed by atoms with van der Waals surface area (Å²) in [5.41, 5.74) is 10.5. The number of ether oxygens (including phenoxy) is 2. The van der Waals surface area contributed by atoms with Crippen molar-refractivity contribution < 1.29 is 27.2 Å². The summed E-state index contributed by atoms with van der Waals surface area (Å²) in [4.78, 5) is 16.8. The number of nitrogens with zero attached hydrogens (tertiary/aromatic N) is 2. The average Bonchev–Trinajstić information content (AvgIpc) is 2.97. The van der Waals surface area contributed by atoms with E-state index >= 15 is 0 Å². The van der Waals surface area contributed by atoms with Crippen LogP contribution in [0, 0.1) is 18.3 Å². The summed E-state index contributed by atoms with van der Waals surface area (Å²) < 4.78 is 41.8. The summed E-state index contributed by atoms with van der Waals surface area (Å²) in [6, 6.07) is 19.1. The molecule has 4 N–H and O–H groups in total. The second kappa shape index (κ2) is 12.3. The number of benzene rings is 3. The average molecular weight is 587 g/mol. The Balaban J connectivity index is 0.000000241. The third-order valence-corrected chi connectivity index (χ3v) is 7.65. The Hall–Kier alpha value is -4.92. The van der Waals surface area contributed by atoms with Crippen LogP contribution in [0.4, 0.5) is 5.69 Å². The molecule has 4 aromatic rings. The molecule has 11 heteroatoms. The molecule has 3 aromatic carbocycles. The third kappa shape index (κ3) is 6.05. The van der Waals surface area contributed by atoms with Crippen molar-refractivity contribution >= 4 is 32.5 Å². The number of carbonyl (C=O) groups excluding carboxylic acids is 1. The standard InChI is InChI=1S/C21H22N4O3.C10H8O3S/c1-5-28-21-18-17(14-7-6-13(9-22)8-15(14)27-4)16(20(23)26)12(3)25-19(18)11(2)10-24-21;11-14(12,13)10-6-5-8-3-1-2-4-9(8)7-10/h6-8,10,17,25H,5H2,1-4H3,(H2,23,26);1-7H,(H,11,12,13)/t17-;/m1./s1. The van der Waals surface area contributed by atoms with E-state index in [4.69, 9.17) is 19.8 Å². The maximum absolute atomic E-state index is 12.4. The van der Waals surface area contributed by atoms with Crippen molar-refractivity contribution in [3.63, 3.8) is 0 Å². The highest BCUT2D eigenvalue weighted by molar-refractivity contribution is 7.85. The molecular weight excluding hydrogens is 556 g/mol. The van der Waals surface area contributed by atoms with Gasteiger partial charge in [0.15, 0.2) is 0 Å². The van der Waals surface area contributed by atoms with Crippen molar-refractivity contribution in [2.75, 3.05) is 19.0 Å². The minimum Gasteiger partial charge on any atom is -0.496 e. The lowest BCUT2D eigenvalue weighted by molar-refractivity contribution is -0.114. The molecule has 1 amide bonds. The van der Waals surface area contributed by atoms with Crippen LogP contribution >= 0.6 is 0 Å². The Bertz CT molecular complexity index is 1860. The number of hydrogen-bond donors (Lipinski definition) is 3. The number of allylic oxidation sites excluding steroid dienone is 1. The first kappa shape index (κ1) is 30.0. The van der Waals surface area contributed by atoms with Crippen LogP contribution in [-0.4, -0.2) is 37.6 Å². The first-order valence-electron chi connectivity index (χ1n) is 12.9. The van der Waals surface area contributed by atoms with Crippen molar-refractivity contribution in [1.29, 1.82) is 5.26 Å². The highest BCUT2D eigenvalue weighted by Gasteiger charge is 2.37. The number of amides is 1. The molecule has 1 aliphatic rings. The molecule has 0 aliphatic carbocycles. The van der Waals surface area contributed by atoms with E-state index in [9.17, 15) is 18.5 Å². The predicted molar refractivity (Wildman–Crippen MR) is 159 cm³/mol. The van der Waals surface area contributed by atoms with Gasteiger partial charge in [-0.2, -0.15) is 13.7 Å². The number of pyridine rings is 1. The van der Waals surface area contributed by atoms with Crippen LogP contribution in [0.3, 0.4) is 0 Å². The van der Waals surface area contributed by atoms with Crippen LogP contribution < -0.4 is 20.5 Å². The number of hydrogen-bond acceptors (Lipinski definition) is 8. The summed E-state index contributed by atoms with van der Waals surface area (Å²) >= 11 is 0. The van der Waals surface area contributed by atoms with Gasteiger partial charge in [0.2, 0.25) is 11.8 Å². The number of aryl methyl sites for hydroxylation is 1. The molecule has 0 saturated heterocycles. The second-order valence-corrected chi connectivity index (χ2v) is 10.9. The van der Waals surface area contributed by atoms with E-state index in [1.54, 1.807) is 36.5 Å². The Morgan fingerprint density at radius 1 is 1.12 bits per heavy atom. The fraction of sp³-hybridized carbons (Fsp3) is 0.194. The molecule has 5 rings (SSSR count). The van der Waals surface area contributed by atoms with Crippen molar-refractivity contribution in [2.24, 2.45) is 5.73 Å². The van der Waals surface area contributed by atoms with E-state index in [2.05, 4.69) is 16.4 Å². The molecule has 1 atom stereocenters. The van der Waals surface area contributed by atoms with Crippen LogP contribution in [0.5, 0.6) is 11.6 Å². The lowest BCUT2D eigenvalue weighted by atomic mass is 9.79. The van der Waals surface area contributed by atoms with E-state index in [0.717, 1.165) is 27.6 Å². The number of rotatable bonds is 6. The zero-order valence-corrected chi connectivity index (χ0v) is 24.3. The van der Waals surface area contributed by atoms with Crippen molar-refractivity contribution in [2.45, 2.75) is 31.6 Å². The van der Waals surface area contributed by atoms with Gasteiger partial charge >= 0.3 is 0 Å². The number of carbonyl (C=O) groups is 1. The first-order chi connectivity index (χ1) is 20.0. The van der Waals surface area contributed by atoms with Gasteiger partial charge in [-0.15, -0.1) is 0 Å². The van der Waals surface area contributed by atoms with Gasteiger partial charge in [-0.05, 0) is 61.4 Å². The number of fused-ring (bicyclic) bond motifs is 2. The van der Waals surface area contributed by atoms with Crippen LogP contribution in [0.15, 0.2) is 83.0 Å². The number of anilines is 1. The molecule has 216 valence electrons. The largest absolute Gasteiger partial charge is 0.496 e. The van der Waals surface area contributed by atoms with Gasteiger partial charge in [0.25, 0.3) is 10.1 Å². The number of methoxy groups -OCH3 is 1. The summed E-state index contributed by atoms with van der Waals surface area (Å²) in [7, 11) is -2.57. The van der Waals surface area contributed by atoms with E-state index in [-0.39, 0.29) is 4.90 Å². The lowest BCUT2D eigenvalue weighted by Crippen LogP contribution is -2.28. The molecule has 0 spiro atoms. The first-order valence-corrected chi connectivity index (χ1v) is 14.4. The number of primary amides is 1. The van der Waals surface area contributed by atoms with Crippen LogP contribution in [0.2, 0.25) is 0 Å². The Morgan fingerprint density at radius 2 is 1.83 bits per heavy atom. The third-order valence-electron chi connectivity index (χ3n) is 6.80. The quantitative estimate of drug-likeness (QED) is 0.262. The fourth-order valence-corrected chi connectivity index (χ4v) is 5.41. The van der Waals surface area contributed by atoms with Gasteiger partial charge in [-0.3, -0.25) is 9.35 Å². The monoisotopic (exact) mass is 586 g/mol. The molecule has 0 radical (unpaired) electrons. The summed E-state index contributed by atoms with van der Waals surface area (Å²) in [5, 5.41) is 14.2. The minimum absolute atomic E-state index is 0.0730. The summed E-state index contributed by atoms with van der Waals surface area (Å²) in [5.74, 6) is -0.160. The van der Waals surface area contributed by atoms with Gasteiger partial charge in [0.05, 0.1) is 47.4 Å². The van der Waals surface area contributed by atoms with Crippen LogP contribution in [0.25, 0.3) is 10.8 Å². The Morgan fingerprint density at radius 3 is 2.45 bits per heavy atom. The molecule has 0 unspecified atom stereocenters. The molecule has 1 aliphatic heterocycles. The molecule has 0 bridgehead atoms. The molecule has 1 aromatic heterocycles. The lowest BCUT2D eigenvalue weighted by Gasteiger charge is -2.32. The topological polar surface area (TPSA) is 165 Å². The Labute approximate surface area is 244 Å². The number of aromatic nitrogens is 1. The number of nitrogens with one attached hydrogen (secondary N) is 1. The molecule has 0 fully saturated rings. The number of nitriles is 1. The summed E-state index contributed by atoms with van der Waals surface area (Å²) in [6.45, 7) is 6.04. The highest BCUT2D eigenvalue weighted by atomic mass is 32.2. The maximum atomic E-state index is 12.4. The zero-order valence-electron chi connectivity index (χ0n) is 23.5.